The zero-order valence-corrected chi connectivity index (χ0v) is 13.4. The number of halogens is 1. The Bertz CT molecular complexity index is 603. The molecule has 2 amide bonds. The maximum Gasteiger partial charge on any atom is 0.252 e. The Balaban J connectivity index is 2.44. The van der Waals surface area contributed by atoms with Crippen molar-refractivity contribution in [2.75, 3.05) is 19.0 Å². The molecule has 0 saturated heterocycles. The predicted octanol–water partition coefficient (Wildman–Crippen LogP) is 1.55. The summed E-state index contributed by atoms with van der Waals surface area (Å²) in [6.45, 7) is 3.82. The van der Waals surface area contributed by atoms with Crippen molar-refractivity contribution >= 4 is 23.4 Å². The molecule has 0 spiro atoms. The molecular formula is C16H19ClN2O3. The van der Waals surface area contributed by atoms with Gasteiger partial charge in [-0.25, -0.2) is 0 Å². The van der Waals surface area contributed by atoms with Gasteiger partial charge in [0, 0.05) is 5.88 Å². The van der Waals surface area contributed by atoms with Gasteiger partial charge >= 0.3 is 0 Å². The highest BCUT2D eigenvalue weighted by molar-refractivity contribution is 6.19. The number of nitrogens with two attached hydrogens (primary N) is 1. The topological polar surface area (TPSA) is 81.4 Å². The Morgan fingerprint density at radius 1 is 1.32 bits per heavy atom. The molecule has 3 N–H and O–H groups in total. The SMILES string of the molecule is CC(C)(CCl)C(=O)NCC#CCOc1ccccc1C(N)=O. The third-order valence-corrected chi connectivity index (χ3v) is 3.53. The third-order valence-electron chi connectivity index (χ3n) is 2.86. The van der Waals surface area contributed by atoms with Crippen molar-refractivity contribution in [2.24, 2.45) is 11.1 Å². The highest BCUT2D eigenvalue weighted by Gasteiger charge is 2.25. The number of hydrogen-bond acceptors (Lipinski definition) is 3. The van der Waals surface area contributed by atoms with Crippen LogP contribution in [-0.2, 0) is 4.79 Å². The fourth-order valence-corrected chi connectivity index (χ4v) is 1.57. The molecule has 0 aliphatic heterocycles. The number of rotatable bonds is 6. The summed E-state index contributed by atoms with van der Waals surface area (Å²) in [5.74, 6) is 5.43. The van der Waals surface area contributed by atoms with Crippen molar-refractivity contribution < 1.29 is 14.3 Å². The van der Waals surface area contributed by atoms with E-state index in [4.69, 9.17) is 22.1 Å². The monoisotopic (exact) mass is 322 g/mol. The van der Waals surface area contributed by atoms with Gasteiger partial charge in [0.15, 0.2) is 0 Å². The first-order valence-corrected chi connectivity index (χ1v) is 7.23. The van der Waals surface area contributed by atoms with Crippen LogP contribution in [0.4, 0.5) is 0 Å². The number of nitrogens with one attached hydrogen (secondary N) is 1. The van der Waals surface area contributed by atoms with Crippen LogP contribution in [0.3, 0.4) is 0 Å². The smallest absolute Gasteiger partial charge is 0.252 e. The van der Waals surface area contributed by atoms with Crippen molar-refractivity contribution in [3.8, 4) is 17.6 Å². The first-order chi connectivity index (χ1) is 10.4. The van der Waals surface area contributed by atoms with E-state index in [1.165, 1.54) is 0 Å². The van der Waals surface area contributed by atoms with Crippen molar-refractivity contribution in [1.82, 2.24) is 5.32 Å². The molecule has 118 valence electrons. The highest BCUT2D eigenvalue weighted by atomic mass is 35.5. The van der Waals surface area contributed by atoms with Gasteiger partial charge in [0.05, 0.1) is 17.5 Å². The molecule has 0 fully saturated rings. The average Bonchev–Trinajstić information content (AvgIpc) is 2.50. The predicted molar refractivity (Wildman–Crippen MR) is 85.7 cm³/mol. The zero-order valence-electron chi connectivity index (χ0n) is 12.6. The number of benzene rings is 1. The molecule has 1 aromatic carbocycles. The van der Waals surface area contributed by atoms with Gasteiger partial charge in [-0.05, 0) is 26.0 Å². The van der Waals surface area contributed by atoms with Crippen molar-refractivity contribution in [3.05, 3.63) is 29.8 Å². The molecule has 0 bridgehead atoms. The molecule has 0 unspecified atom stereocenters. The van der Waals surface area contributed by atoms with Gasteiger partial charge in [0.2, 0.25) is 5.91 Å². The van der Waals surface area contributed by atoms with Gasteiger partial charge in [-0.15, -0.1) is 11.6 Å². The van der Waals surface area contributed by atoms with Crippen LogP contribution in [0.5, 0.6) is 5.75 Å². The van der Waals surface area contributed by atoms with Crippen molar-refractivity contribution in [3.63, 3.8) is 0 Å². The summed E-state index contributed by atoms with van der Waals surface area (Å²) >= 11 is 5.70. The number of alkyl halides is 1. The van der Waals surface area contributed by atoms with Gasteiger partial charge in [0.1, 0.15) is 12.4 Å². The maximum atomic E-state index is 11.7. The van der Waals surface area contributed by atoms with E-state index in [9.17, 15) is 9.59 Å². The van der Waals surface area contributed by atoms with Gasteiger partial charge < -0.3 is 15.8 Å². The molecule has 1 rings (SSSR count). The standard InChI is InChI=1S/C16H19ClN2O3/c1-16(2,11-17)15(21)19-9-5-6-10-22-13-8-4-3-7-12(13)14(18)20/h3-4,7-8H,9-11H2,1-2H3,(H2,18,20)(H,19,21). The molecule has 0 atom stereocenters. The Morgan fingerprint density at radius 3 is 2.64 bits per heavy atom. The molecule has 6 heteroatoms. The molecule has 0 heterocycles. The number of hydrogen-bond donors (Lipinski definition) is 2. The Morgan fingerprint density at radius 2 is 2.00 bits per heavy atom. The van der Waals surface area contributed by atoms with E-state index in [-0.39, 0.29) is 24.9 Å². The van der Waals surface area contributed by atoms with Gasteiger partial charge in [-0.2, -0.15) is 0 Å². The third kappa shape index (κ3) is 5.30. The fourth-order valence-electron chi connectivity index (χ4n) is 1.45. The molecule has 0 saturated carbocycles. The lowest BCUT2D eigenvalue weighted by molar-refractivity contribution is -0.128. The van der Waals surface area contributed by atoms with Crippen LogP contribution in [0, 0.1) is 17.3 Å². The van der Waals surface area contributed by atoms with E-state index >= 15 is 0 Å². The Kier molecular flexibility index (Phi) is 6.74. The minimum Gasteiger partial charge on any atom is -0.480 e. The Labute approximate surface area is 135 Å². The molecule has 5 nitrogen and oxygen atoms in total. The summed E-state index contributed by atoms with van der Waals surface area (Å²) in [4.78, 5) is 22.9. The summed E-state index contributed by atoms with van der Waals surface area (Å²) in [6.07, 6.45) is 0. The minimum atomic E-state index is -0.625. The number of carbonyl (C=O) groups excluding carboxylic acids is 2. The molecule has 1 aromatic rings. The molecule has 22 heavy (non-hydrogen) atoms. The summed E-state index contributed by atoms with van der Waals surface area (Å²) in [5.41, 5.74) is 4.92. The number of para-hydroxylation sites is 1. The summed E-state index contributed by atoms with van der Waals surface area (Å²) in [6, 6.07) is 6.67. The first-order valence-electron chi connectivity index (χ1n) is 6.70. The van der Waals surface area contributed by atoms with E-state index in [1.807, 2.05) is 0 Å². The minimum absolute atomic E-state index is 0.0963. The lowest BCUT2D eigenvalue weighted by Crippen LogP contribution is -2.38. The zero-order chi connectivity index (χ0) is 16.6. The molecule has 0 aliphatic rings. The number of carbonyl (C=O) groups is 2. The van der Waals surface area contributed by atoms with E-state index in [2.05, 4.69) is 17.2 Å². The second-order valence-electron chi connectivity index (χ2n) is 5.20. The van der Waals surface area contributed by atoms with Crippen LogP contribution < -0.4 is 15.8 Å². The average molecular weight is 323 g/mol. The largest absolute Gasteiger partial charge is 0.480 e. The second kappa shape index (κ2) is 8.30. The molecule has 0 aromatic heterocycles. The number of amides is 2. The van der Waals surface area contributed by atoms with E-state index in [0.29, 0.717) is 11.3 Å². The highest BCUT2D eigenvalue weighted by Crippen LogP contribution is 2.17. The summed E-state index contributed by atoms with van der Waals surface area (Å²) in [5, 5.41) is 2.68. The number of ether oxygens (including phenoxy) is 1. The van der Waals surface area contributed by atoms with Gasteiger partial charge in [-0.1, -0.05) is 24.0 Å². The van der Waals surface area contributed by atoms with Crippen LogP contribution >= 0.6 is 11.6 Å². The Hall–Kier alpha value is -2.19. The van der Waals surface area contributed by atoms with Crippen molar-refractivity contribution in [2.45, 2.75) is 13.8 Å². The van der Waals surface area contributed by atoms with Crippen LogP contribution in [0.2, 0.25) is 0 Å². The van der Waals surface area contributed by atoms with Gasteiger partial charge in [-0.3, -0.25) is 9.59 Å². The molecule has 0 radical (unpaired) electrons. The summed E-state index contributed by atoms with van der Waals surface area (Å²) in [7, 11) is 0. The fraction of sp³-hybridized carbons (Fsp3) is 0.375. The lowest BCUT2D eigenvalue weighted by atomic mass is 9.95. The van der Waals surface area contributed by atoms with Crippen LogP contribution in [0.15, 0.2) is 24.3 Å². The molecule has 0 aliphatic carbocycles. The van der Waals surface area contributed by atoms with Crippen molar-refractivity contribution in [1.29, 1.82) is 0 Å². The van der Waals surface area contributed by atoms with Crippen LogP contribution in [0.25, 0.3) is 0 Å². The summed E-state index contributed by atoms with van der Waals surface area (Å²) < 4.78 is 5.39. The van der Waals surface area contributed by atoms with Gasteiger partial charge in [0.25, 0.3) is 5.91 Å². The van der Waals surface area contributed by atoms with Crippen LogP contribution in [0.1, 0.15) is 24.2 Å². The van der Waals surface area contributed by atoms with Crippen LogP contribution in [-0.4, -0.2) is 30.8 Å². The first kappa shape index (κ1) is 17.9. The van der Waals surface area contributed by atoms with E-state index < -0.39 is 11.3 Å². The lowest BCUT2D eigenvalue weighted by Gasteiger charge is -2.19. The number of primary amides is 1. The quantitative estimate of drug-likeness (QED) is 0.616. The normalized spacial score (nSPS) is 10.3. The molecular weight excluding hydrogens is 304 g/mol. The second-order valence-corrected chi connectivity index (χ2v) is 5.47. The van der Waals surface area contributed by atoms with E-state index in [0.717, 1.165) is 0 Å². The van der Waals surface area contributed by atoms with E-state index in [1.54, 1.807) is 38.1 Å². The maximum absolute atomic E-state index is 11.7.